The van der Waals surface area contributed by atoms with Gasteiger partial charge in [0.25, 0.3) is 0 Å². The number of carbonyl (C=O) groups excluding carboxylic acids is 1. The Morgan fingerprint density at radius 1 is 1.19 bits per heavy atom. The summed E-state index contributed by atoms with van der Waals surface area (Å²) in [5.74, 6) is 3.26. The van der Waals surface area contributed by atoms with Crippen LogP contribution in [-0.2, 0) is 23.4 Å². The number of aliphatic hydroxyl groups excluding tert-OH is 1. The van der Waals surface area contributed by atoms with E-state index in [1.807, 2.05) is 30.3 Å². The van der Waals surface area contributed by atoms with Gasteiger partial charge >= 0.3 is 5.97 Å². The summed E-state index contributed by atoms with van der Waals surface area (Å²) in [5, 5.41) is 10.8. The highest BCUT2D eigenvalue weighted by Crippen LogP contribution is 2.44. The lowest BCUT2D eigenvalue weighted by Crippen LogP contribution is -2.47. The van der Waals surface area contributed by atoms with Gasteiger partial charge in [0, 0.05) is 5.92 Å². The third kappa shape index (κ3) is 6.64. The second kappa shape index (κ2) is 9.84. The van der Waals surface area contributed by atoms with Gasteiger partial charge in [0.05, 0.1) is 12.7 Å². The van der Waals surface area contributed by atoms with Crippen molar-refractivity contribution in [2.75, 3.05) is 6.61 Å². The minimum atomic E-state index is -2.20. The highest BCUT2D eigenvalue weighted by molar-refractivity contribution is 6.74. The molecule has 0 radical (unpaired) electrons. The van der Waals surface area contributed by atoms with Gasteiger partial charge in [-0.1, -0.05) is 57.0 Å². The van der Waals surface area contributed by atoms with Crippen LogP contribution in [-0.4, -0.2) is 50.1 Å². The Morgan fingerprint density at radius 3 is 2.32 bits per heavy atom. The van der Waals surface area contributed by atoms with E-state index in [9.17, 15) is 9.90 Å². The zero-order valence-electron chi connectivity index (χ0n) is 19.9. The number of esters is 1. The maximum Gasteiger partial charge on any atom is 0.384 e. The van der Waals surface area contributed by atoms with E-state index in [2.05, 4.69) is 45.7 Å². The van der Waals surface area contributed by atoms with Crippen LogP contribution in [0.2, 0.25) is 18.1 Å². The van der Waals surface area contributed by atoms with E-state index in [1.165, 1.54) is 0 Å². The summed E-state index contributed by atoms with van der Waals surface area (Å²) in [7, 11) is -2.20. The molecule has 0 unspecified atom stereocenters. The van der Waals surface area contributed by atoms with E-state index in [0.29, 0.717) is 0 Å². The van der Waals surface area contributed by atoms with Crippen molar-refractivity contribution in [3.63, 3.8) is 0 Å². The topological polar surface area (TPSA) is 74.2 Å². The first-order valence-corrected chi connectivity index (χ1v) is 13.6. The van der Waals surface area contributed by atoms with Crippen molar-refractivity contribution < 1.29 is 28.5 Å². The molecule has 0 spiro atoms. The van der Waals surface area contributed by atoms with E-state index in [-0.39, 0.29) is 11.6 Å². The SMILES string of the molecule is CCOC(=O)C#C[C@@H](O)[C@@H]1OC(C)(C)O[C@@H]1[C@H](O[Si](C)(C)C(C)(C)C)c1ccccc1. The number of rotatable bonds is 6. The molecule has 2 rings (SSSR count). The standard InChI is InChI=1S/C24H36O6Si/c1-9-27-19(26)16-15-18(25)21-22(29-24(5,6)28-21)20(17-13-11-10-12-14-17)30-31(7,8)23(2,3)4/h10-14,18,20-22,25H,9H2,1-8H3/t18-,20-,21+,22-/m1/s1. The summed E-state index contributed by atoms with van der Waals surface area (Å²) >= 11 is 0. The lowest BCUT2D eigenvalue weighted by Gasteiger charge is -2.41. The number of benzene rings is 1. The molecule has 4 atom stereocenters. The Balaban J connectivity index is 2.42. The average molecular weight is 449 g/mol. The van der Waals surface area contributed by atoms with Crippen LogP contribution in [0, 0.1) is 11.8 Å². The number of ether oxygens (including phenoxy) is 3. The van der Waals surface area contributed by atoms with Crippen LogP contribution in [0.5, 0.6) is 0 Å². The smallest absolute Gasteiger partial charge is 0.384 e. The lowest BCUT2D eigenvalue weighted by molar-refractivity contribution is -0.158. The molecule has 1 aliphatic rings. The molecule has 6 nitrogen and oxygen atoms in total. The minimum Gasteiger partial charge on any atom is -0.456 e. The van der Waals surface area contributed by atoms with Crippen LogP contribution in [0.3, 0.4) is 0 Å². The predicted molar refractivity (Wildman–Crippen MR) is 122 cm³/mol. The van der Waals surface area contributed by atoms with Gasteiger partial charge in [-0.3, -0.25) is 0 Å². The summed E-state index contributed by atoms with van der Waals surface area (Å²) in [6.07, 6.45) is -3.12. The van der Waals surface area contributed by atoms with Gasteiger partial charge in [-0.15, -0.1) is 0 Å². The van der Waals surface area contributed by atoms with Crippen molar-refractivity contribution in [3.05, 3.63) is 35.9 Å². The second-order valence-corrected chi connectivity index (χ2v) is 14.5. The first-order chi connectivity index (χ1) is 14.3. The Kier molecular flexibility index (Phi) is 8.12. The molecule has 0 aliphatic carbocycles. The third-order valence-corrected chi connectivity index (χ3v) is 10.2. The monoisotopic (exact) mass is 448 g/mol. The van der Waals surface area contributed by atoms with Crippen molar-refractivity contribution in [2.45, 2.75) is 89.9 Å². The predicted octanol–water partition coefficient (Wildman–Crippen LogP) is 4.20. The molecule has 1 heterocycles. The fourth-order valence-corrected chi connectivity index (χ4v) is 4.40. The fourth-order valence-electron chi connectivity index (χ4n) is 3.14. The van der Waals surface area contributed by atoms with Crippen molar-refractivity contribution in [2.24, 2.45) is 0 Å². The summed E-state index contributed by atoms with van der Waals surface area (Å²) in [4.78, 5) is 11.6. The molecular weight excluding hydrogens is 412 g/mol. The molecule has 7 heteroatoms. The molecule has 1 N–H and O–H groups in total. The molecular formula is C24H36O6Si. The molecule has 1 aromatic carbocycles. The fraction of sp³-hybridized carbons (Fsp3) is 0.625. The summed E-state index contributed by atoms with van der Waals surface area (Å²) in [6.45, 7) is 16.4. The summed E-state index contributed by atoms with van der Waals surface area (Å²) in [5.41, 5.74) is 0.939. The minimum absolute atomic E-state index is 0.0210. The van der Waals surface area contributed by atoms with Gasteiger partial charge in [-0.25, -0.2) is 4.79 Å². The molecule has 1 saturated heterocycles. The van der Waals surface area contributed by atoms with E-state index >= 15 is 0 Å². The van der Waals surface area contributed by atoms with Crippen LogP contribution in [0.1, 0.15) is 53.2 Å². The summed E-state index contributed by atoms with van der Waals surface area (Å²) in [6, 6.07) is 9.81. The Bertz CT molecular complexity index is 803. The molecule has 172 valence electrons. The van der Waals surface area contributed by atoms with E-state index < -0.39 is 44.5 Å². The molecule has 31 heavy (non-hydrogen) atoms. The Morgan fingerprint density at radius 2 is 1.77 bits per heavy atom. The molecule has 0 amide bonds. The van der Waals surface area contributed by atoms with Gasteiger partial charge in [-0.05, 0) is 44.5 Å². The number of hydrogen-bond donors (Lipinski definition) is 1. The molecule has 1 aliphatic heterocycles. The molecule has 0 aromatic heterocycles. The second-order valence-electron chi connectivity index (χ2n) is 9.71. The first-order valence-electron chi connectivity index (χ1n) is 10.7. The molecule has 0 bridgehead atoms. The maximum absolute atomic E-state index is 11.6. The van der Waals surface area contributed by atoms with E-state index in [0.717, 1.165) is 5.56 Å². The molecule has 0 saturated carbocycles. The average Bonchev–Trinajstić information content (AvgIpc) is 2.99. The normalized spacial score (nSPS) is 22.9. The van der Waals surface area contributed by atoms with Crippen molar-refractivity contribution in [3.8, 4) is 11.8 Å². The zero-order chi connectivity index (χ0) is 23.4. The van der Waals surface area contributed by atoms with Crippen LogP contribution in [0.4, 0.5) is 0 Å². The first kappa shape index (κ1) is 25.6. The maximum atomic E-state index is 11.6. The Hall–Kier alpha value is -1.69. The summed E-state index contributed by atoms with van der Waals surface area (Å²) < 4.78 is 23.9. The van der Waals surface area contributed by atoms with Crippen molar-refractivity contribution in [1.29, 1.82) is 0 Å². The third-order valence-electron chi connectivity index (χ3n) is 5.73. The van der Waals surface area contributed by atoms with Crippen LogP contribution < -0.4 is 0 Å². The largest absolute Gasteiger partial charge is 0.456 e. The van der Waals surface area contributed by atoms with Crippen LogP contribution in [0.15, 0.2) is 30.3 Å². The number of aliphatic hydroxyl groups is 1. The van der Waals surface area contributed by atoms with Crippen molar-refractivity contribution in [1.82, 2.24) is 0 Å². The van der Waals surface area contributed by atoms with Gasteiger partial charge in [-0.2, -0.15) is 0 Å². The zero-order valence-corrected chi connectivity index (χ0v) is 20.9. The Labute approximate surface area is 187 Å². The van der Waals surface area contributed by atoms with Crippen molar-refractivity contribution >= 4 is 14.3 Å². The van der Waals surface area contributed by atoms with E-state index in [4.69, 9.17) is 18.6 Å². The van der Waals surface area contributed by atoms with Crippen LogP contribution in [0.25, 0.3) is 0 Å². The van der Waals surface area contributed by atoms with Gasteiger partial charge in [0.2, 0.25) is 0 Å². The number of hydrogen-bond acceptors (Lipinski definition) is 6. The number of carbonyl (C=O) groups is 1. The molecule has 1 fully saturated rings. The quantitative estimate of drug-likeness (QED) is 0.304. The van der Waals surface area contributed by atoms with E-state index in [1.54, 1.807) is 20.8 Å². The van der Waals surface area contributed by atoms with Gasteiger partial charge < -0.3 is 23.7 Å². The lowest BCUT2D eigenvalue weighted by atomic mass is 9.97. The van der Waals surface area contributed by atoms with Gasteiger partial charge in [0.1, 0.15) is 18.3 Å². The van der Waals surface area contributed by atoms with Gasteiger partial charge in [0.15, 0.2) is 14.1 Å². The highest BCUT2D eigenvalue weighted by Gasteiger charge is 2.51. The van der Waals surface area contributed by atoms with Crippen LogP contribution >= 0.6 is 0 Å². The highest BCUT2D eigenvalue weighted by atomic mass is 28.4. The molecule has 1 aromatic rings.